The van der Waals surface area contributed by atoms with Crippen molar-refractivity contribution in [3.8, 4) is 5.88 Å². The highest BCUT2D eigenvalue weighted by Crippen LogP contribution is 2.28. The zero-order valence-electron chi connectivity index (χ0n) is 10.3. The van der Waals surface area contributed by atoms with Crippen LogP contribution in [-0.4, -0.2) is 16.1 Å². The van der Waals surface area contributed by atoms with Gasteiger partial charge in [-0.2, -0.15) is 4.98 Å². The molecule has 0 bridgehead atoms. The molecule has 92 valence electrons. The van der Waals surface area contributed by atoms with E-state index in [1.807, 2.05) is 11.4 Å². The second-order valence-corrected chi connectivity index (χ2v) is 5.48. The molecule has 0 aromatic carbocycles. The van der Waals surface area contributed by atoms with E-state index in [9.17, 15) is 0 Å². The number of anilines is 1. The van der Waals surface area contributed by atoms with Crippen LogP contribution in [-0.2, 0) is 0 Å². The lowest BCUT2D eigenvalue weighted by molar-refractivity contribution is 0.188. The molecule has 0 saturated carbocycles. The van der Waals surface area contributed by atoms with Gasteiger partial charge in [0.25, 0.3) is 0 Å². The Morgan fingerprint density at radius 3 is 2.82 bits per heavy atom. The van der Waals surface area contributed by atoms with E-state index in [4.69, 9.17) is 10.5 Å². The smallest absolute Gasteiger partial charge is 0.227 e. The normalized spacial score (nSPS) is 13.2. The summed E-state index contributed by atoms with van der Waals surface area (Å²) in [5, 5.41) is 2.92. The van der Waals surface area contributed by atoms with Crippen molar-refractivity contribution in [3.63, 3.8) is 0 Å². The molecule has 0 amide bonds. The minimum Gasteiger partial charge on any atom is -0.474 e. The Bertz CT molecular complexity index is 509. The van der Waals surface area contributed by atoms with Crippen LogP contribution in [0, 0.1) is 5.92 Å². The van der Waals surface area contributed by atoms with Crippen LogP contribution >= 0.6 is 11.3 Å². The van der Waals surface area contributed by atoms with Crippen LogP contribution in [0.15, 0.2) is 11.4 Å². The zero-order valence-corrected chi connectivity index (χ0v) is 11.1. The fourth-order valence-electron chi connectivity index (χ4n) is 1.84. The van der Waals surface area contributed by atoms with Crippen molar-refractivity contribution >= 4 is 27.5 Å². The third-order valence-electron chi connectivity index (χ3n) is 2.42. The summed E-state index contributed by atoms with van der Waals surface area (Å²) < 4.78 is 5.85. The van der Waals surface area contributed by atoms with Crippen LogP contribution in [0.1, 0.15) is 27.2 Å². The number of nitrogens with zero attached hydrogens (tertiary/aromatic N) is 2. The number of hydrogen-bond donors (Lipinski definition) is 1. The fourth-order valence-corrected chi connectivity index (χ4v) is 2.60. The van der Waals surface area contributed by atoms with Crippen molar-refractivity contribution in [2.75, 3.05) is 5.73 Å². The molecular weight excluding hydrogens is 234 g/mol. The number of nitrogen functional groups attached to an aromatic ring is 1. The van der Waals surface area contributed by atoms with Crippen LogP contribution in [0.3, 0.4) is 0 Å². The van der Waals surface area contributed by atoms with E-state index in [1.165, 1.54) is 0 Å². The highest BCUT2D eigenvalue weighted by Gasteiger charge is 2.12. The molecule has 1 unspecified atom stereocenters. The maximum Gasteiger partial charge on any atom is 0.227 e. The van der Waals surface area contributed by atoms with E-state index in [-0.39, 0.29) is 12.1 Å². The Labute approximate surface area is 105 Å². The molecule has 1 atom stereocenters. The van der Waals surface area contributed by atoms with Gasteiger partial charge in [-0.15, -0.1) is 11.3 Å². The minimum atomic E-state index is 0.132. The van der Waals surface area contributed by atoms with Gasteiger partial charge in [0, 0.05) is 0 Å². The van der Waals surface area contributed by atoms with Crippen molar-refractivity contribution in [2.45, 2.75) is 33.3 Å². The van der Waals surface area contributed by atoms with Gasteiger partial charge < -0.3 is 10.5 Å². The first kappa shape index (κ1) is 12.1. The molecule has 2 heterocycles. The van der Waals surface area contributed by atoms with Gasteiger partial charge in [0.05, 0.1) is 11.5 Å². The van der Waals surface area contributed by atoms with Crippen molar-refractivity contribution < 1.29 is 4.74 Å². The Hall–Kier alpha value is -1.36. The number of ether oxygens (including phenoxy) is 1. The third-order valence-corrected chi connectivity index (χ3v) is 3.23. The second-order valence-electron chi connectivity index (χ2n) is 4.58. The predicted octanol–water partition coefficient (Wildman–Crippen LogP) is 3.09. The molecule has 0 aliphatic heterocycles. The first-order valence-corrected chi connectivity index (χ1v) is 6.61. The van der Waals surface area contributed by atoms with Crippen LogP contribution in [0.25, 0.3) is 10.2 Å². The van der Waals surface area contributed by atoms with Gasteiger partial charge in [-0.1, -0.05) is 13.8 Å². The van der Waals surface area contributed by atoms with Crippen molar-refractivity contribution in [3.05, 3.63) is 11.4 Å². The molecule has 0 aliphatic rings. The van der Waals surface area contributed by atoms with E-state index in [0.717, 1.165) is 16.6 Å². The van der Waals surface area contributed by atoms with E-state index < -0.39 is 0 Å². The van der Waals surface area contributed by atoms with Gasteiger partial charge in [0.2, 0.25) is 11.8 Å². The van der Waals surface area contributed by atoms with E-state index in [1.54, 1.807) is 11.3 Å². The van der Waals surface area contributed by atoms with Gasteiger partial charge in [-0.05, 0) is 30.7 Å². The molecular formula is C12H17N3OS. The average molecular weight is 251 g/mol. The maximum absolute atomic E-state index is 5.85. The summed E-state index contributed by atoms with van der Waals surface area (Å²) >= 11 is 1.55. The molecule has 4 nitrogen and oxygen atoms in total. The van der Waals surface area contributed by atoms with Gasteiger partial charge in [0.15, 0.2) is 0 Å². The molecule has 0 saturated heterocycles. The highest BCUT2D eigenvalue weighted by atomic mass is 32.1. The molecule has 2 aromatic heterocycles. The van der Waals surface area contributed by atoms with E-state index >= 15 is 0 Å². The lowest BCUT2D eigenvalue weighted by atomic mass is 10.1. The van der Waals surface area contributed by atoms with Crippen LogP contribution < -0.4 is 10.5 Å². The lowest BCUT2D eigenvalue weighted by Gasteiger charge is -2.16. The molecule has 17 heavy (non-hydrogen) atoms. The number of fused-ring (bicyclic) bond motifs is 1. The Kier molecular flexibility index (Phi) is 3.47. The Balaban J connectivity index is 2.25. The highest BCUT2D eigenvalue weighted by molar-refractivity contribution is 7.16. The Morgan fingerprint density at radius 2 is 2.12 bits per heavy atom. The largest absolute Gasteiger partial charge is 0.474 e. The van der Waals surface area contributed by atoms with Crippen LogP contribution in [0.4, 0.5) is 5.95 Å². The van der Waals surface area contributed by atoms with Crippen molar-refractivity contribution in [1.82, 2.24) is 9.97 Å². The summed E-state index contributed by atoms with van der Waals surface area (Å²) in [7, 11) is 0. The number of aromatic nitrogens is 2. The summed E-state index contributed by atoms with van der Waals surface area (Å²) in [5.41, 5.74) is 5.67. The van der Waals surface area contributed by atoms with Crippen LogP contribution in [0.2, 0.25) is 0 Å². The zero-order chi connectivity index (χ0) is 12.4. The molecule has 2 N–H and O–H groups in total. The Morgan fingerprint density at radius 1 is 1.35 bits per heavy atom. The summed E-state index contributed by atoms with van der Waals surface area (Å²) in [6.07, 6.45) is 1.13. The monoisotopic (exact) mass is 251 g/mol. The molecule has 2 rings (SSSR count). The van der Waals surface area contributed by atoms with Crippen LogP contribution in [0.5, 0.6) is 5.88 Å². The molecule has 0 aliphatic carbocycles. The maximum atomic E-state index is 5.85. The second kappa shape index (κ2) is 4.87. The molecule has 2 aromatic rings. The SMILES string of the molecule is CC(C)CC(C)Oc1nc(N)nc2sccc12. The molecule has 0 radical (unpaired) electrons. The standard InChI is InChI=1S/C12H17N3OS/c1-7(2)6-8(3)16-10-9-4-5-17-11(9)15-12(13)14-10/h4-5,7-8H,6H2,1-3H3,(H2,13,14,15). The average Bonchev–Trinajstić information content (AvgIpc) is 2.63. The summed E-state index contributed by atoms with van der Waals surface area (Å²) in [6.45, 7) is 6.40. The number of rotatable bonds is 4. The van der Waals surface area contributed by atoms with E-state index in [2.05, 4.69) is 30.7 Å². The van der Waals surface area contributed by atoms with Gasteiger partial charge >= 0.3 is 0 Å². The number of nitrogens with two attached hydrogens (primary N) is 1. The third kappa shape index (κ3) is 2.85. The van der Waals surface area contributed by atoms with Gasteiger partial charge in [0.1, 0.15) is 4.83 Å². The minimum absolute atomic E-state index is 0.132. The number of hydrogen-bond acceptors (Lipinski definition) is 5. The molecule has 0 fully saturated rings. The summed E-state index contributed by atoms with van der Waals surface area (Å²) in [5.74, 6) is 1.47. The van der Waals surface area contributed by atoms with Crippen molar-refractivity contribution in [1.29, 1.82) is 0 Å². The summed E-state index contributed by atoms with van der Waals surface area (Å²) in [4.78, 5) is 9.22. The number of thiophene rings is 1. The summed E-state index contributed by atoms with van der Waals surface area (Å²) in [6, 6.07) is 1.97. The quantitative estimate of drug-likeness (QED) is 0.907. The molecule has 5 heteroatoms. The first-order chi connectivity index (χ1) is 8.06. The lowest BCUT2D eigenvalue weighted by Crippen LogP contribution is -2.15. The predicted molar refractivity (Wildman–Crippen MR) is 71.4 cm³/mol. The fraction of sp³-hybridized carbons (Fsp3) is 0.500. The van der Waals surface area contributed by atoms with E-state index in [0.29, 0.717) is 11.8 Å². The molecule has 0 spiro atoms. The van der Waals surface area contributed by atoms with Gasteiger partial charge in [-0.25, -0.2) is 4.98 Å². The topological polar surface area (TPSA) is 61.0 Å². The van der Waals surface area contributed by atoms with Gasteiger partial charge in [-0.3, -0.25) is 0 Å². The first-order valence-electron chi connectivity index (χ1n) is 5.73. The van der Waals surface area contributed by atoms with Crippen molar-refractivity contribution in [2.24, 2.45) is 5.92 Å².